The molecule has 21 heavy (non-hydrogen) atoms. The van der Waals surface area contributed by atoms with E-state index in [-0.39, 0.29) is 18.1 Å². The van der Waals surface area contributed by atoms with E-state index in [1.165, 1.54) is 0 Å². The third-order valence-corrected chi connectivity index (χ3v) is 2.47. The fourth-order valence-corrected chi connectivity index (χ4v) is 1.59. The van der Waals surface area contributed by atoms with E-state index in [1.807, 2.05) is 32.9 Å². The standard InChI is InChI=1S/C15H25N3O3/c1-15(2,3)18-14(19)11-21-13-6-5-12(17-10-13)9-16-7-8-20-4/h5-6,10,16H,7-9,11H2,1-4H3,(H,18,19). The van der Waals surface area contributed by atoms with Gasteiger partial charge in [-0.3, -0.25) is 9.78 Å². The summed E-state index contributed by atoms with van der Waals surface area (Å²) in [4.78, 5) is 15.9. The van der Waals surface area contributed by atoms with Gasteiger partial charge in [0.25, 0.3) is 5.91 Å². The number of nitrogens with zero attached hydrogens (tertiary/aromatic N) is 1. The number of carbonyl (C=O) groups excluding carboxylic acids is 1. The van der Waals surface area contributed by atoms with Gasteiger partial charge in [0.2, 0.25) is 0 Å². The lowest BCUT2D eigenvalue weighted by Gasteiger charge is -2.20. The van der Waals surface area contributed by atoms with Gasteiger partial charge in [0, 0.05) is 25.7 Å². The Labute approximate surface area is 126 Å². The Kier molecular flexibility index (Phi) is 7.11. The highest BCUT2D eigenvalue weighted by Gasteiger charge is 2.13. The van der Waals surface area contributed by atoms with Crippen LogP contribution in [0.2, 0.25) is 0 Å². The molecule has 0 aliphatic heterocycles. The van der Waals surface area contributed by atoms with Gasteiger partial charge >= 0.3 is 0 Å². The zero-order valence-electron chi connectivity index (χ0n) is 13.2. The number of ether oxygens (including phenoxy) is 2. The molecule has 2 N–H and O–H groups in total. The fraction of sp³-hybridized carbons (Fsp3) is 0.600. The van der Waals surface area contributed by atoms with Crippen LogP contribution in [0.4, 0.5) is 0 Å². The van der Waals surface area contributed by atoms with E-state index in [1.54, 1.807) is 13.3 Å². The average Bonchev–Trinajstić information content (AvgIpc) is 2.41. The molecule has 0 radical (unpaired) electrons. The number of hydrogen-bond acceptors (Lipinski definition) is 5. The van der Waals surface area contributed by atoms with Crippen LogP contribution in [0.3, 0.4) is 0 Å². The smallest absolute Gasteiger partial charge is 0.258 e. The van der Waals surface area contributed by atoms with Gasteiger partial charge in [0.15, 0.2) is 6.61 Å². The number of hydrogen-bond donors (Lipinski definition) is 2. The molecule has 0 saturated carbocycles. The van der Waals surface area contributed by atoms with Gasteiger partial charge in [-0.2, -0.15) is 0 Å². The van der Waals surface area contributed by atoms with E-state index in [9.17, 15) is 4.79 Å². The van der Waals surface area contributed by atoms with E-state index in [2.05, 4.69) is 15.6 Å². The van der Waals surface area contributed by atoms with Crippen molar-refractivity contribution < 1.29 is 14.3 Å². The molecule has 0 aromatic carbocycles. The summed E-state index contributed by atoms with van der Waals surface area (Å²) < 4.78 is 10.3. The first-order chi connectivity index (χ1) is 9.90. The molecule has 0 saturated heterocycles. The van der Waals surface area contributed by atoms with Gasteiger partial charge in [-0.15, -0.1) is 0 Å². The van der Waals surface area contributed by atoms with Crippen molar-refractivity contribution in [3.63, 3.8) is 0 Å². The lowest BCUT2D eigenvalue weighted by molar-refractivity contribution is -0.124. The second-order valence-corrected chi connectivity index (χ2v) is 5.74. The van der Waals surface area contributed by atoms with Gasteiger partial charge in [-0.1, -0.05) is 0 Å². The summed E-state index contributed by atoms with van der Waals surface area (Å²) in [5, 5.41) is 6.04. The number of amides is 1. The number of rotatable bonds is 8. The maximum absolute atomic E-state index is 11.6. The van der Waals surface area contributed by atoms with Crippen molar-refractivity contribution in [2.75, 3.05) is 26.9 Å². The van der Waals surface area contributed by atoms with Crippen LogP contribution in [-0.4, -0.2) is 43.3 Å². The van der Waals surface area contributed by atoms with Gasteiger partial charge in [0.05, 0.1) is 18.5 Å². The van der Waals surface area contributed by atoms with Crippen LogP contribution in [0.25, 0.3) is 0 Å². The maximum atomic E-state index is 11.6. The van der Waals surface area contributed by atoms with Crippen molar-refractivity contribution in [1.82, 2.24) is 15.6 Å². The molecule has 0 atom stereocenters. The van der Waals surface area contributed by atoms with Gasteiger partial charge in [0.1, 0.15) is 5.75 Å². The molecule has 1 heterocycles. The Hall–Kier alpha value is -1.66. The topological polar surface area (TPSA) is 72.5 Å². The minimum absolute atomic E-state index is 0.00954. The largest absolute Gasteiger partial charge is 0.482 e. The highest BCUT2D eigenvalue weighted by Crippen LogP contribution is 2.09. The molecule has 0 spiro atoms. The first-order valence-electron chi connectivity index (χ1n) is 6.99. The molecule has 1 rings (SSSR count). The van der Waals surface area contributed by atoms with E-state index < -0.39 is 0 Å². The molecule has 0 bridgehead atoms. The fourth-order valence-electron chi connectivity index (χ4n) is 1.59. The molecule has 0 aliphatic carbocycles. The van der Waals surface area contributed by atoms with Crippen LogP contribution in [0.5, 0.6) is 5.75 Å². The van der Waals surface area contributed by atoms with Crippen molar-refractivity contribution in [2.24, 2.45) is 0 Å². The van der Waals surface area contributed by atoms with E-state index in [4.69, 9.17) is 9.47 Å². The quantitative estimate of drug-likeness (QED) is 0.703. The number of carbonyl (C=O) groups is 1. The molecular formula is C15H25N3O3. The average molecular weight is 295 g/mol. The Balaban J connectivity index is 2.32. The van der Waals surface area contributed by atoms with E-state index in [0.717, 1.165) is 12.2 Å². The van der Waals surface area contributed by atoms with Crippen LogP contribution in [0.1, 0.15) is 26.5 Å². The predicted octanol–water partition coefficient (Wildman–Crippen LogP) is 1.11. The first-order valence-corrected chi connectivity index (χ1v) is 6.99. The molecular weight excluding hydrogens is 270 g/mol. The zero-order chi connectivity index (χ0) is 15.7. The number of methoxy groups -OCH3 is 1. The Morgan fingerprint density at radius 1 is 1.33 bits per heavy atom. The lowest BCUT2D eigenvalue weighted by atomic mass is 10.1. The van der Waals surface area contributed by atoms with Crippen molar-refractivity contribution in [3.05, 3.63) is 24.0 Å². The second kappa shape index (κ2) is 8.59. The molecule has 6 heteroatoms. The van der Waals surface area contributed by atoms with Crippen LogP contribution in [0.15, 0.2) is 18.3 Å². The van der Waals surface area contributed by atoms with Crippen LogP contribution < -0.4 is 15.4 Å². The summed E-state index contributed by atoms with van der Waals surface area (Å²) in [6, 6.07) is 3.68. The van der Waals surface area contributed by atoms with Gasteiger partial charge in [-0.05, 0) is 32.9 Å². The highest BCUT2D eigenvalue weighted by molar-refractivity contribution is 5.78. The predicted molar refractivity (Wildman–Crippen MR) is 81.2 cm³/mol. The van der Waals surface area contributed by atoms with Gasteiger partial charge in [-0.25, -0.2) is 0 Å². The van der Waals surface area contributed by atoms with E-state index >= 15 is 0 Å². The third-order valence-electron chi connectivity index (χ3n) is 2.47. The second-order valence-electron chi connectivity index (χ2n) is 5.74. The third kappa shape index (κ3) is 8.27. The summed E-state index contributed by atoms with van der Waals surface area (Å²) in [5.41, 5.74) is 0.661. The summed E-state index contributed by atoms with van der Waals surface area (Å²) in [7, 11) is 1.67. The summed E-state index contributed by atoms with van der Waals surface area (Å²) >= 11 is 0. The van der Waals surface area contributed by atoms with Crippen molar-refractivity contribution >= 4 is 5.91 Å². The van der Waals surface area contributed by atoms with Crippen molar-refractivity contribution in [3.8, 4) is 5.75 Å². The molecule has 1 amide bonds. The van der Waals surface area contributed by atoms with Crippen LogP contribution in [-0.2, 0) is 16.1 Å². The van der Waals surface area contributed by atoms with E-state index in [0.29, 0.717) is 18.9 Å². The first kappa shape index (κ1) is 17.4. The minimum atomic E-state index is -0.254. The normalized spacial score (nSPS) is 11.2. The molecule has 0 unspecified atom stereocenters. The molecule has 118 valence electrons. The summed E-state index contributed by atoms with van der Waals surface area (Å²) in [5.74, 6) is 0.438. The molecule has 0 fully saturated rings. The van der Waals surface area contributed by atoms with Crippen molar-refractivity contribution in [2.45, 2.75) is 32.9 Å². The molecule has 1 aromatic heterocycles. The Morgan fingerprint density at radius 2 is 2.10 bits per heavy atom. The minimum Gasteiger partial charge on any atom is -0.482 e. The van der Waals surface area contributed by atoms with Crippen LogP contribution >= 0.6 is 0 Å². The summed E-state index contributed by atoms with van der Waals surface area (Å²) in [6.07, 6.45) is 1.62. The number of aromatic nitrogens is 1. The summed E-state index contributed by atoms with van der Waals surface area (Å²) in [6.45, 7) is 7.90. The number of nitrogens with one attached hydrogen (secondary N) is 2. The van der Waals surface area contributed by atoms with Crippen molar-refractivity contribution in [1.29, 1.82) is 0 Å². The Morgan fingerprint density at radius 3 is 2.67 bits per heavy atom. The molecule has 1 aromatic rings. The zero-order valence-corrected chi connectivity index (χ0v) is 13.2. The maximum Gasteiger partial charge on any atom is 0.258 e. The monoisotopic (exact) mass is 295 g/mol. The van der Waals surface area contributed by atoms with Gasteiger partial charge < -0.3 is 20.1 Å². The van der Waals surface area contributed by atoms with Crippen LogP contribution in [0, 0.1) is 0 Å². The Bertz CT molecular complexity index is 427. The molecule has 6 nitrogen and oxygen atoms in total. The molecule has 0 aliphatic rings. The number of pyridine rings is 1. The highest BCUT2D eigenvalue weighted by atomic mass is 16.5. The lowest BCUT2D eigenvalue weighted by Crippen LogP contribution is -2.43. The SMILES string of the molecule is COCCNCc1ccc(OCC(=O)NC(C)(C)C)cn1.